The van der Waals surface area contributed by atoms with E-state index in [-0.39, 0.29) is 28.3 Å². The largest absolute Gasteiger partial charge is 0.478 e. The van der Waals surface area contributed by atoms with Crippen molar-refractivity contribution in [1.29, 1.82) is 0 Å². The number of amides is 2. The predicted molar refractivity (Wildman–Crippen MR) is 82.0 cm³/mol. The number of hydrogen-bond acceptors (Lipinski definition) is 3. The molecule has 0 radical (unpaired) electrons. The molecule has 118 valence electrons. The number of likely N-dealkylation sites (tertiary alicyclic amines) is 1. The maximum Gasteiger partial charge on any atom is 0.337 e. The Hall–Kier alpha value is -2.08. The molecule has 0 atom stereocenters. The Morgan fingerprint density at radius 2 is 1.91 bits per heavy atom. The van der Waals surface area contributed by atoms with Crippen LogP contribution in [0, 0.1) is 5.92 Å². The lowest BCUT2D eigenvalue weighted by Crippen LogP contribution is -2.40. The van der Waals surface area contributed by atoms with Gasteiger partial charge in [0, 0.05) is 31.6 Å². The number of benzene rings is 1. The minimum atomic E-state index is -1.14. The number of hydrogen-bond donors (Lipinski definition) is 2. The van der Waals surface area contributed by atoms with Crippen LogP contribution in [0.1, 0.15) is 30.1 Å². The zero-order valence-electron chi connectivity index (χ0n) is 12.1. The zero-order valence-corrected chi connectivity index (χ0v) is 12.9. The maximum absolute atomic E-state index is 12.2. The minimum absolute atomic E-state index is 0.0164. The molecule has 2 amide bonds. The summed E-state index contributed by atoms with van der Waals surface area (Å²) in [6.45, 7) is 2.64. The van der Waals surface area contributed by atoms with Crippen LogP contribution >= 0.6 is 11.6 Å². The standard InChI is InChI=1S/C15H17ClN2O4/c1-9(19)18-6-4-10(5-7-18)14(20)17-11-2-3-13(16)12(8-11)15(21)22/h2-3,8,10H,4-7H2,1H3,(H,17,20)(H,21,22). The number of halogens is 1. The number of piperidine rings is 1. The number of rotatable bonds is 3. The smallest absolute Gasteiger partial charge is 0.337 e. The van der Waals surface area contributed by atoms with E-state index < -0.39 is 5.97 Å². The monoisotopic (exact) mass is 324 g/mol. The van der Waals surface area contributed by atoms with Gasteiger partial charge in [0.15, 0.2) is 0 Å². The van der Waals surface area contributed by atoms with E-state index >= 15 is 0 Å². The van der Waals surface area contributed by atoms with Gasteiger partial charge in [0.05, 0.1) is 10.6 Å². The molecule has 7 heteroatoms. The molecule has 1 aliphatic rings. The molecule has 1 heterocycles. The van der Waals surface area contributed by atoms with Crippen LogP contribution in [0.4, 0.5) is 5.69 Å². The molecule has 1 aromatic carbocycles. The molecular weight excluding hydrogens is 308 g/mol. The van der Waals surface area contributed by atoms with Gasteiger partial charge < -0.3 is 15.3 Å². The summed E-state index contributed by atoms with van der Waals surface area (Å²) in [4.78, 5) is 36.2. The number of carbonyl (C=O) groups is 3. The van der Waals surface area contributed by atoms with Gasteiger partial charge in [-0.05, 0) is 31.0 Å². The Balaban J connectivity index is 2.00. The van der Waals surface area contributed by atoms with Crippen LogP contribution in [0.15, 0.2) is 18.2 Å². The first-order valence-electron chi connectivity index (χ1n) is 6.97. The van der Waals surface area contributed by atoms with Crippen molar-refractivity contribution in [3.05, 3.63) is 28.8 Å². The maximum atomic E-state index is 12.2. The lowest BCUT2D eigenvalue weighted by atomic mass is 9.95. The number of nitrogens with one attached hydrogen (secondary N) is 1. The van der Waals surface area contributed by atoms with Gasteiger partial charge in [0.1, 0.15) is 0 Å². The second kappa shape index (κ2) is 6.79. The Bertz CT molecular complexity index is 610. The van der Waals surface area contributed by atoms with Crippen molar-refractivity contribution in [2.45, 2.75) is 19.8 Å². The molecule has 2 rings (SSSR count). The Morgan fingerprint density at radius 1 is 1.27 bits per heavy atom. The third-order valence-electron chi connectivity index (χ3n) is 3.78. The summed E-state index contributed by atoms with van der Waals surface area (Å²) in [7, 11) is 0. The molecule has 0 spiro atoms. The van der Waals surface area contributed by atoms with Crippen molar-refractivity contribution in [2.75, 3.05) is 18.4 Å². The second-order valence-corrected chi connectivity index (χ2v) is 5.68. The van der Waals surface area contributed by atoms with Crippen molar-refractivity contribution in [3.63, 3.8) is 0 Å². The average molecular weight is 325 g/mol. The highest BCUT2D eigenvalue weighted by Gasteiger charge is 2.26. The molecule has 1 saturated heterocycles. The van der Waals surface area contributed by atoms with Crippen LogP contribution in [-0.2, 0) is 9.59 Å². The van der Waals surface area contributed by atoms with Crippen molar-refractivity contribution in [3.8, 4) is 0 Å². The van der Waals surface area contributed by atoms with Gasteiger partial charge in [-0.1, -0.05) is 11.6 Å². The Kier molecular flexibility index (Phi) is 5.03. The van der Waals surface area contributed by atoms with Crippen LogP contribution in [0.2, 0.25) is 5.02 Å². The molecule has 6 nitrogen and oxygen atoms in total. The van der Waals surface area contributed by atoms with Gasteiger partial charge in [-0.25, -0.2) is 4.79 Å². The predicted octanol–water partition coefficient (Wildman–Crippen LogP) is 2.24. The molecular formula is C15H17ClN2O4. The number of nitrogens with zero attached hydrogens (tertiary/aromatic N) is 1. The third kappa shape index (κ3) is 3.76. The van der Waals surface area contributed by atoms with E-state index in [4.69, 9.17) is 16.7 Å². The Morgan fingerprint density at radius 3 is 2.45 bits per heavy atom. The summed E-state index contributed by atoms with van der Waals surface area (Å²) in [5.41, 5.74) is 0.353. The van der Waals surface area contributed by atoms with E-state index in [1.54, 1.807) is 11.0 Å². The lowest BCUT2D eigenvalue weighted by Gasteiger charge is -2.30. The fraction of sp³-hybridized carbons (Fsp3) is 0.400. The van der Waals surface area contributed by atoms with Gasteiger partial charge in [0.25, 0.3) is 0 Å². The summed E-state index contributed by atoms with van der Waals surface area (Å²) in [5, 5.41) is 11.9. The van der Waals surface area contributed by atoms with E-state index in [0.717, 1.165) is 0 Å². The molecule has 22 heavy (non-hydrogen) atoms. The van der Waals surface area contributed by atoms with E-state index in [1.165, 1.54) is 19.1 Å². The fourth-order valence-corrected chi connectivity index (χ4v) is 2.67. The first-order chi connectivity index (χ1) is 10.4. The fourth-order valence-electron chi connectivity index (χ4n) is 2.47. The first kappa shape index (κ1) is 16.3. The average Bonchev–Trinajstić information content (AvgIpc) is 2.49. The van der Waals surface area contributed by atoms with Crippen LogP contribution in [0.3, 0.4) is 0 Å². The van der Waals surface area contributed by atoms with E-state index in [2.05, 4.69) is 5.32 Å². The van der Waals surface area contributed by atoms with Crippen LogP contribution < -0.4 is 5.32 Å². The number of carboxylic acids is 1. The summed E-state index contributed by atoms with van der Waals surface area (Å²) in [6.07, 6.45) is 1.20. The van der Waals surface area contributed by atoms with Crippen LogP contribution in [0.5, 0.6) is 0 Å². The van der Waals surface area contributed by atoms with E-state index in [9.17, 15) is 14.4 Å². The summed E-state index contributed by atoms with van der Waals surface area (Å²) >= 11 is 5.79. The molecule has 1 fully saturated rings. The van der Waals surface area contributed by atoms with Crippen LogP contribution in [-0.4, -0.2) is 40.9 Å². The Labute approximate surface area is 133 Å². The van der Waals surface area contributed by atoms with E-state index in [0.29, 0.717) is 31.6 Å². The van der Waals surface area contributed by atoms with Crippen LogP contribution in [0.25, 0.3) is 0 Å². The molecule has 2 N–H and O–H groups in total. The molecule has 0 aromatic heterocycles. The number of aromatic carboxylic acids is 1. The zero-order chi connectivity index (χ0) is 16.3. The van der Waals surface area contributed by atoms with Crippen molar-refractivity contribution >= 4 is 35.1 Å². The highest BCUT2D eigenvalue weighted by atomic mass is 35.5. The third-order valence-corrected chi connectivity index (χ3v) is 4.10. The highest BCUT2D eigenvalue weighted by Crippen LogP contribution is 2.23. The normalized spacial score (nSPS) is 15.5. The number of anilines is 1. The molecule has 1 aliphatic heterocycles. The number of carbonyl (C=O) groups excluding carboxylic acids is 2. The van der Waals surface area contributed by atoms with Gasteiger partial charge in [-0.15, -0.1) is 0 Å². The van der Waals surface area contributed by atoms with Gasteiger partial charge >= 0.3 is 5.97 Å². The summed E-state index contributed by atoms with van der Waals surface area (Å²) in [5.74, 6) is -1.47. The van der Waals surface area contributed by atoms with Gasteiger partial charge in [-0.2, -0.15) is 0 Å². The quantitative estimate of drug-likeness (QED) is 0.892. The highest BCUT2D eigenvalue weighted by molar-refractivity contribution is 6.33. The van der Waals surface area contributed by atoms with E-state index in [1.807, 2.05) is 0 Å². The second-order valence-electron chi connectivity index (χ2n) is 5.27. The topological polar surface area (TPSA) is 86.7 Å². The lowest BCUT2D eigenvalue weighted by molar-refractivity contribution is -0.132. The molecule has 0 saturated carbocycles. The summed E-state index contributed by atoms with van der Waals surface area (Å²) in [6, 6.07) is 4.35. The van der Waals surface area contributed by atoms with Crippen molar-refractivity contribution in [2.24, 2.45) is 5.92 Å². The van der Waals surface area contributed by atoms with Gasteiger partial charge in [0.2, 0.25) is 11.8 Å². The molecule has 1 aromatic rings. The summed E-state index contributed by atoms with van der Waals surface area (Å²) < 4.78 is 0. The number of carboxylic acid groups (broad SMARTS) is 1. The van der Waals surface area contributed by atoms with Gasteiger partial charge in [-0.3, -0.25) is 9.59 Å². The first-order valence-corrected chi connectivity index (χ1v) is 7.35. The molecule has 0 unspecified atom stereocenters. The van der Waals surface area contributed by atoms with Crippen molar-refractivity contribution < 1.29 is 19.5 Å². The SMILES string of the molecule is CC(=O)N1CCC(C(=O)Nc2ccc(Cl)c(C(=O)O)c2)CC1. The van der Waals surface area contributed by atoms with Crippen molar-refractivity contribution in [1.82, 2.24) is 4.90 Å². The molecule has 0 bridgehead atoms. The molecule has 0 aliphatic carbocycles. The minimum Gasteiger partial charge on any atom is -0.478 e.